The standard InChI is InChI=1S/C20H24ClNO2S/c1-14-9-15(2)16(3)19(10-14)24-12-20(23)22-7-8-25-13-17-5-4-6-18(21)11-17/h4-6,9-11H,7-8,12-13H2,1-3H3,(H,22,23). The number of hydrogen-bond acceptors (Lipinski definition) is 3. The lowest BCUT2D eigenvalue weighted by molar-refractivity contribution is -0.122. The highest BCUT2D eigenvalue weighted by Crippen LogP contribution is 2.23. The Labute approximate surface area is 159 Å². The van der Waals surface area contributed by atoms with Crippen molar-refractivity contribution >= 4 is 29.3 Å². The second kappa shape index (κ2) is 9.73. The molecule has 0 aliphatic rings. The zero-order valence-electron chi connectivity index (χ0n) is 14.9. The topological polar surface area (TPSA) is 38.3 Å². The molecular weight excluding hydrogens is 354 g/mol. The molecule has 0 bridgehead atoms. The lowest BCUT2D eigenvalue weighted by Crippen LogP contribution is -2.30. The third kappa shape index (κ3) is 6.63. The van der Waals surface area contributed by atoms with Gasteiger partial charge in [0.25, 0.3) is 5.91 Å². The van der Waals surface area contributed by atoms with E-state index in [1.165, 1.54) is 11.1 Å². The van der Waals surface area contributed by atoms with Gasteiger partial charge in [0, 0.05) is 23.1 Å². The van der Waals surface area contributed by atoms with Crippen molar-refractivity contribution in [1.82, 2.24) is 5.32 Å². The molecule has 1 amide bonds. The predicted octanol–water partition coefficient (Wildman–Crippen LogP) is 4.69. The largest absolute Gasteiger partial charge is 0.483 e. The molecular formula is C20H24ClNO2S. The summed E-state index contributed by atoms with van der Waals surface area (Å²) < 4.78 is 5.67. The van der Waals surface area contributed by atoms with E-state index in [9.17, 15) is 4.79 Å². The molecule has 0 unspecified atom stereocenters. The van der Waals surface area contributed by atoms with E-state index in [1.807, 2.05) is 45.0 Å². The van der Waals surface area contributed by atoms with Crippen molar-refractivity contribution in [2.24, 2.45) is 0 Å². The van der Waals surface area contributed by atoms with Crippen molar-refractivity contribution in [2.75, 3.05) is 18.9 Å². The van der Waals surface area contributed by atoms with E-state index in [2.05, 4.69) is 17.4 Å². The molecule has 2 rings (SSSR count). The van der Waals surface area contributed by atoms with Crippen LogP contribution in [0.1, 0.15) is 22.3 Å². The summed E-state index contributed by atoms with van der Waals surface area (Å²) in [4.78, 5) is 11.9. The van der Waals surface area contributed by atoms with Gasteiger partial charge in [0.05, 0.1) is 0 Å². The van der Waals surface area contributed by atoms with Gasteiger partial charge in [0.1, 0.15) is 5.75 Å². The fourth-order valence-electron chi connectivity index (χ4n) is 2.42. The molecule has 3 nitrogen and oxygen atoms in total. The van der Waals surface area contributed by atoms with Gasteiger partial charge in [-0.05, 0) is 61.2 Å². The lowest BCUT2D eigenvalue weighted by Gasteiger charge is -2.12. The minimum atomic E-state index is -0.0954. The smallest absolute Gasteiger partial charge is 0.257 e. The summed E-state index contributed by atoms with van der Waals surface area (Å²) in [6.45, 7) is 6.75. The number of hydrogen-bond donors (Lipinski definition) is 1. The Morgan fingerprint density at radius 3 is 2.76 bits per heavy atom. The minimum Gasteiger partial charge on any atom is -0.483 e. The molecule has 2 aromatic carbocycles. The van der Waals surface area contributed by atoms with E-state index in [0.717, 1.165) is 33.4 Å². The van der Waals surface area contributed by atoms with Gasteiger partial charge in [-0.15, -0.1) is 0 Å². The minimum absolute atomic E-state index is 0.0443. The third-order valence-corrected chi connectivity index (χ3v) is 5.11. The molecule has 0 aliphatic heterocycles. The van der Waals surface area contributed by atoms with Crippen LogP contribution in [0, 0.1) is 20.8 Å². The number of aryl methyl sites for hydroxylation is 2. The van der Waals surface area contributed by atoms with Crippen LogP contribution in [0.3, 0.4) is 0 Å². The van der Waals surface area contributed by atoms with Gasteiger partial charge in [-0.25, -0.2) is 0 Å². The van der Waals surface area contributed by atoms with Crippen LogP contribution < -0.4 is 10.1 Å². The van der Waals surface area contributed by atoms with Crippen LogP contribution in [0.15, 0.2) is 36.4 Å². The number of halogens is 1. The van der Waals surface area contributed by atoms with E-state index in [1.54, 1.807) is 11.8 Å². The summed E-state index contributed by atoms with van der Waals surface area (Å²) in [6, 6.07) is 11.9. The summed E-state index contributed by atoms with van der Waals surface area (Å²) in [7, 11) is 0. The summed E-state index contributed by atoms with van der Waals surface area (Å²) in [5.74, 6) is 2.42. The number of ether oxygens (including phenoxy) is 1. The molecule has 134 valence electrons. The van der Waals surface area contributed by atoms with Crippen LogP contribution in [0.4, 0.5) is 0 Å². The van der Waals surface area contributed by atoms with Gasteiger partial charge in [-0.2, -0.15) is 11.8 Å². The maximum atomic E-state index is 11.9. The monoisotopic (exact) mass is 377 g/mol. The maximum absolute atomic E-state index is 11.9. The second-order valence-electron chi connectivity index (χ2n) is 6.03. The number of thioether (sulfide) groups is 1. The van der Waals surface area contributed by atoms with Crippen LogP contribution in [0.25, 0.3) is 0 Å². The second-order valence-corrected chi connectivity index (χ2v) is 7.57. The van der Waals surface area contributed by atoms with Crippen molar-refractivity contribution in [3.63, 3.8) is 0 Å². The van der Waals surface area contributed by atoms with Crippen molar-refractivity contribution in [3.05, 3.63) is 63.7 Å². The number of carbonyl (C=O) groups excluding carboxylic acids is 1. The maximum Gasteiger partial charge on any atom is 0.257 e. The van der Waals surface area contributed by atoms with E-state index in [0.29, 0.717) is 6.54 Å². The van der Waals surface area contributed by atoms with Crippen LogP contribution in [0.2, 0.25) is 5.02 Å². The summed E-state index contributed by atoms with van der Waals surface area (Å²) in [6.07, 6.45) is 0. The molecule has 5 heteroatoms. The molecule has 25 heavy (non-hydrogen) atoms. The highest BCUT2D eigenvalue weighted by molar-refractivity contribution is 7.98. The number of carbonyl (C=O) groups is 1. The van der Waals surface area contributed by atoms with Crippen molar-refractivity contribution in [1.29, 1.82) is 0 Å². The Kier molecular flexibility index (Phi) is 7.66. The van der Waals surface area contributed by atoms with Gasteiger partial charge in [0.15, 0.2) is 6.61 Å². The van der Waals surface area contributed by atoms with E-state index >= 15 is 0 Å². The first-order valence-corrected chi connectivity index (χ1v) is 9.78. The number of rotatable bonds is 8. The third-order valence-electron chi connectivity index (χ3n) is 3.85. The number of benzene rings is 2. The average molecular weight is 378 g/mol. The van der Waals surface area contributed by atoms with Crippen molar-refractivity contribution < 1.29 is 9.53 Å². The van der Waals surface area contributed by atoms with Crippen LogP contribution >= 0.6 is 23.4 Å². The van der Waals surface area contributed by atoms with Gasteiger partial charge < -0.3 is 10.1 Å². The Hall–Kier alpha value is -1.65. The fourth-order valence-corrected chi connectivity index (χ4v) is 3.44. The van der Waals surface area contributed by atoms with E-state index in [4.69, 9.17) is 16.3 Å². The first kappa shape index (κ1) is 19.7. The predicted molar refractivity (Wildman–Crippen MR) is 107 cm³/mol. The average Bonchev–Trinajstić information content (AvgIpc) is 2.56. The molecule has 0 atom stereocenters. The van der Waals surface area contributed by atoms with Gasteiger partial charge in [0.2, 0.25) is 0 Å². The molecule has 0 saturated heterocycles. The Morgan fingerprint density at radius 2 is 2.00 bits per heavy atom. The number of amides is 1. The van der Waals surface area contributed by atoms with Gasteiger partial charge >= 0.3 is 0 Å². The molecule has 0 radical (unpaired) electrons. The molecule has 1 N–H and O–H groups in total. The first-order valence-electron chi connectivity index (χ1n) is 8.25. The normalized spacial score (nSPS) is 10.6. The summed E-state index contributed by atoms with van der Waals surface area (Å²) >= 11 is 7.73. The number of nitrogens with one attached hydrogen (secondary N) is 1. The SMILES string of the molecule is Cc1cc(C)c(C)c(OCC(=O)NCCSCc2cccc(Cl)c2)c1. The Morgan fingerprint density at radius 1 is 1.20 bits per heavy atom. The Bertz CT molecular complexity index is 734. The van der Waals surface area contributed by atoms with Crippen LogP contribution in [-0.2, 0) is 10.5 Å². The fraction of sp³-hybridized carbons (Fsp3) is 0.350. The summed E-state index contributed by atoms with van der Waals surface area (Å²) in [5, 5.41) is 3.64. The molecule has 2 aromatic rings. The summed E-state index contributed by atoms with van der Waals surface area (Å²) in [5.41, 5.74) is 4.58. The van der Waals surface area contributed by atoms with Gasteiger partial charge in [-0.1, -0.05) is 29.8 Å². The highest BCUT2D eigenvalue weighted by atomic mass is 35.5. The highest BCUT2D eigenvalue weighted by Gasteiger charge is 2.07. The molecule has 0 aromatic heterocycles. The van der Waals surface area contributed by atoms with Crippen molar-refractivity contribution in [2.45, 2.75) is 26.5 Å². The quantitative estimate of drug-likeness (QED) is 0.678. The molecule has 0 saturated carbocycles. The molecule has 0 aliphatic carbocycles. The zero-order valence-corrected chi connectivity index (χ0v) is 16.5. The van der Waals surface area contributed by atoms with Crippen molar-refractivity contribution in [3.8, 4) is 5.75 Å². The Balaban J connectivity index is 1.66. The molecule has 0 spiro atoms. The molecule has 0 fully saturated rings. The van der Waals surface area contributed by atoms with E-state index in [-0.39, 0.29) is 12.5 Å². The van der Waals surface area contributed by atoms with E-state index < -0.39 is 0 Å². The van der Waals surface area contributed by atoms with Crippen LogP contribution in [0.5, 0.6) is 5.75 Å². The molecule has 0 heterocycles. The first-order chi connectivity index (χ1) is 12.0. The zero-order chi connectivity index (χ0) is 18.2. The van der Waals surface area contributed by atoms with Crippen LogP contribution in [-0.4, -0.2) is 24.8 Å². The lowest BCUT2D eigenvalue weighted by atomic mass is 10.1. The van der Waals surface area contributed by atoms with Gasteiger partial charge in [-0.3, -0.25) is 4.79 Å².